The molecule has 3 unspecified atom stereocenters. The Balaban J connectivity index is 2.43. The Kier molecular flexibility index (Phi) is 5.40. The molecule has 1 heterocycles. The summed E-state index contributed by atoms with van der Waals surface area (Å²) in [4.78, 5) is 24.4. The summed E-state index contributed by atoms with van der Waals surface area (Å²) in [6.45, 7) is 4.90. The van der Waals surface area contributed by atoms with Crippen molar-refractivity contribution < 1.29 is 19.4 Å². The van der Waals surface area contributed by atoms with E-state index in [4.69, 9.17) is 9.84 Å². The molecule has 0 aromatic rings. The lowest BCUT2D eigenvalue weighted by Gasteiger charge is -2.36. The lowest BCUT2D eigenvalue weighted by molar-refractivity contribution is -0.148. The normalized spacial score (nSPS) is 25.6. The average Bonchev–Trinajstić information content (AvgIpc) is 2.28. The molecule has 1 rings (SSSR count). The van der Waals surface area contributed by atoms with Crippen LogP contribution in [0.1, 0.15) is 26.7 Å². The Hall–Kier alpha value is -1.30. The molecule has 0 aromatic carbocycles. The molecule has 1 fully saturated rings. The number of urea groups is 1. The molecule has 0 radical (unpaired) electrons. The van der Waals surface area contributed by atoms with Crippen LogP contribution in [-0.4, -0.2) is 54.4 Å². The summed E-state index contributed by atoms with van der Waals surface area (Å²) in [5.74, 6) is -0.437. The van der Waals surface area contributed by atoms with E-state index in [1.54, 1.807) is 4.90 Å². The number of carbonyl (C=O) groups excluding carboxylic acids is 1. The Morgan fingerprint density at radius 2 is 2.17 bits per heavy atom. The van der Waals surface area contributed by atoms with Crippen LogP contribution in [-0.2, 0) is 9.53 Å². The van der Waals surface area contributed by atoms with E-state index in [-0.39, 0.29) is 18.6 Å². The van der Waals surface area contributed by atoms with E-state index >= 15 is 0 Å². The third kappa shape index (κ3) is 3.87. The van der Waals surface area contributed by atoms with Gasteiger partial charge in [0.15, 0.2) is 6.10 Å². The van der Waals surface area contributed by atoms with Gasteiger partial charge in [0, 0.05) is 19.7 Å². The van der Waals surface area contributed by atoms with Crippen LogP contribution in [0.4, 0.5) is 4.79 Å². The van der Waals surface area contributed by atoms with E-state index in [0.29, 0.717) is 5.92 Å². The second-order valence-electron chi connectivity index (χ2n) is 4.92. The number of amides is 2. The largest absolute Gasteiger partial charge is 0.479 e. The second-order valence-corrected chi connectivity index (χ2v) is 4.92. The Bertz CT molecular complexity index is 308. The van der Waals surface area contributed by atoms with Gasteiger partial charge in [-0.25, -0.2) is 9.59 Å². The quantitative estimate of drug-likeness (QED) is 0.785. The predicted molar refractivity (Wildman–Crippen MR) is 66.4 cm³/mol. The maximum Gasteiger partial charge on any atom is 0.334 e. The highest BCUT2D eigenvalue weighted by Gasteiger charge is 2.27. The summed E-state index contributed by atoms with van der Waals surface area (Å²) in [6.07, 6.45) is 0.984. The topological polar surface area (TPSA) is 78.9 Å². The lowest BCUT2D eigenvalue weighted by Crippen LogP contribution is -2.51. The maximum absolute atomic E-state index is 11.9. The fourth-order valence-corrected chi connectivity index (χ4v) is 2.26. The fourth-order valence-electron chi connectivity index (χ4n) is 2.26. The van der Waals surface area contributed by atoms with Gasteiger partial charge in [-0.15, -0.1) is 0 Å². The molecule has 6 heteroatoms. The van der Waals surface area contributed by atoms with Gasteiger partial charge in [-0.1, -0.05) is 6.92 Å². The van der Waals surface area contributed by atoms with Crippen LogP contribution in [0.15, 0.2) is 0 Å². The summed E-state index contributed by atoms with van der Waals surface area (Å²) < 4.78 is 4.76. The first-order chi connectivity index (χ1) is 8.45. The van der Waals surface area contributed by atoms with Gasteiger partial charge in [-0.2, -0.15) is 0 Å². The van der Waals surface area contributed by atoms with Gasteiger partial charge in [0.1, 0.15) is 0 Å². The minimum Gasteiger partial charge on any atom is -0.479 e. The zero-order valence-corrected chi connectivity index (χ0v) is 11.2. The monoisotopic (exact) mass is 258 g/mol. The number of methoxy groups -OCH3 is 1. The van der Waals surface area contributed by atoms with E-state index < -0.39 is 12.1 Å². The molecule has 104 valence electrons. The van der Waals surface area contributed by atoms with Gasteiger partial charge in [0.2, 0.25) is 0 Å². The van der Waals surface area contributed by atoms with Crippen molar-refractivity contribution >= 4 is 12.0 Å². The summed E-state index contributed by atoms with van der Waals surface area (Å²) in [6, 6.07) is -0.0164. The van der Waals surface area contributed by atoms with Crippen LogP contribution in [0.5, 0.6) is 0 Å². The van der Waals surface area contributed by atoms with Crippen LogP contribution < -0.4 is 5.32 Å². The molecule has 18 heavy (non-hydrogen) atoms. The Morgan fingerprint density at radius 3 is 2.67 bits per heavy atom. The predicted octanol–water partition coefficient (Wildman–Crippen LogP) is 0.916. The molecule has 1 aliphatic rings. The average molecular weight is 258 g/mol. The van der Waals surface area contributed by atoms with Crippen molar-refractivity contribution in [2.75, 3.05) is 20.2 Å². The zero-order valence-electron chi connectivity index (χ0n) is 11.2. The number of ether oxygens (including phenoxy) is 1. The maximum atomic E-state index is 11.9. The van der Waals surface area contributed by atoms with Crippen molar-refractivity contribution in [2.45, 2.75) is 38.8 Å². The Labute approximate surface area is 107 Å². The molecule has 1 saturated heterocycles. The molecule has 3 atom stereocenters. The van der Waals surface area contributed by atoms with Crippen molar-refractivity contribution in [3.05, 3.63) is 0 Å². The van der Waals surface area contributed by atoms with Gasteiger partial charge in [0.25, 0.3) is 0 Å². The lowest BCUT2D eigenvalue weighted by atomic mass is 9.94. The fraction of sp³-hybridized carbons (Fsp3) is 0.833. The van der Waals surface area contributed by atoms with Crippen molar-refractivity contribution in [1.82, 2.24) is 10.2 Å². The molecule has 0 aromatic heterocycles. The Morgan fingerprint density at radius 1 is 1.50 bits per heavy atom. The molecule has 0 saturated carbocycles. The van der Waals surface area contributed by atoms with Crippen molar-refractivity contribution in [2.24, 2.45) is 5.92 Å². The van der Waals surface area contributed by atoms with E-state index in [9.17, 15) is 9.59 Å². The van der Waals surface area contributed by atoms with Crippen LogP contribution in [0.2, 0.25) is 0 Å². The number of carboxylic acid groups (broad SMARTS) is 1. The molecular formula is C12H22N2O4. The highest BCUT2D eigenvalue weighted by molar-refractivity contribution is 5.77. The molecule has 0 aliphatic carbocycles. The number of carbonyl (C=O) groups is 2. The van der Waals surface area contributed by atoms with E-state index in [2.05, 4.69) is 12.2 Å². The third-order valence-corrected chi connectivity index (χ3v) is 3.40. The van der Waals surface area contributed by atoms with Gasteiger partial charge in [0.05, 0.1) is 6.54 Å². The standard InChI is InChI=1S/C12H22N2O4/c1-8-4-5-14(9(2)6-8)12(17)13-7-10(18-3)11(15)16/h8-10H,4-7H2,1-3H3,(H,13,17)(H,15,16). The van der Waals surface area contributed by atoms with Crippen molar-refractivity contribution in [1.29, 1.82) is 0 Å². The highest BCUT2D eigenvalue weighted by Crippen LogP contribution is 2.21. The molecule has 0 bridgehead atoms. The number of carboxylic acids is 1. The third-order valence-electron chi connectivity index (χ3n) is 3.40. The molecule has 2 N–H and O–H groups in total. The number of piperidine rings is 1. The highest BCUT2D eigenvalue weighted by atomic mass is 16.5. The number of nitrogens with zero attached hydrogens (tertiary/aromatic N) is 1. The summed E-state index contributed by atoms with van der Waals surface area (Å²) in [7, 11) is 1.32. The number of hydrogen-bond donors (Lipinski definition) is 2. The number of hydrogen-bond acceptors (Lipinski definition) is 3. The van der Waals surface area contributed by atoms with Gasteiger partial charge in [-0.05, 0) is 25.7 Å². The van der Waals surface area contributed by atoms with Crippen molar-refractivity contribution in [3.63, 3.8) is 0 Å². The first-order valence-corrected chi connectivity index (χ1v) is 6.25. The van der Waals surface area contributed by atoms with Crippen LogP contribution in [0, 0.1) is 5.92 Å². The minimum absolute atomic E-state index is 0.0105. The first-order valence-electron chi connectivity index (χ1n) is 6.25. The SMILES string of the molecule is COC(CNC(=O)N1CCC(C)CC1C)C(=O)O. The van der Waals surface area contributed by atoms with E-state index in [1.807, 2.05) is 6.92 Å². The van der Waals surface area contributed by atoms with Crippen LogP contribution >= 0.6 is 0 Å². The van der Waals surface area contributed by atoms with Crippen LogP contribution in [0.3, 0.4) is 0 Å². The summed E-state index contributed by atoms with van der Waals surface area (Å²) >= 11 is 0. The van der Waals surface area contributed by atoms with Gasteiger partial charge >= 0.3 is 12.0 Å². The van der Waals surface area contributed by atoms with Gasteiger partial charge in [-0.3, -0.25) is 0 Å². The molecule has 0 spiro atoms. The second kappa shape index (κ2) is 6.58. The van der Waals surface area contributed by atoms with E-state index in [1.165, 1.54) is 7.11 Å². The summed E-state index contributed by atoms with van der Waals surface area (Å²) in [5.41, 5.74) is 0. The van der Waals surface area contributed by atoms with Crippen LogP contribution in [0.25, 0.3) is 0 Å². The summed E-state index contributed by atoms with van der Waals surface area (Å²) in [5, 5.41) is 11.4. The minimum atomic E-state index is -1.07. The van der Waals surface area contributed by atoms with E-state index in [0.717, 1.165) is 19.4 Å². The number of nitrogens with one attached hydrogen (secondary N) is 1. The number of likely N-dealkylation sites (tertiary alicyclic amines) is 1. The molecule has 6 nitrogen and oxygen atoms in total. The molecular weight excluding hydrogens is 236 g/mol. The number of rotatable bonds is 4. The molecule has 1 aliphatic heterocycles. The number of aliphatic carboxylic acids is 1. The zero-order chi connectivity index (χ0) is 13.7. The van der Waals surface area contributed by atoms with Gasteiger partial charge < -0.3 is 20.1 Å². The molecule has 2 amide bonds. The van der Waals surface area contributed by atoms with Crippen molar-refractivity contribution in [3.8, 4) is 0 Å². The smallest absolute Gasteiger partial charge is 0.334 e. The first kappa shape index (κ1) is 14.8.